The summed E-state index contributed by atoms with van der Waals surface area (Å²) in [5.41, 5.74) is 8.25. The second-order valence-electron chi connectivity index (χ2n) is 4.99. The molecular weight excluding hydrogens is 290 g/mol. The minimum absolute atomic E-state index is 0. The Kier molecular flexibility index (Phi) is 6.39. The third kappa shape index (κ3) is 4.58. The predicted octanol–water partition coefficient (Wildman–Crippen LogP) is 2.40. The zero-order valence-electron chi connectivity index (χ0n) is 12.1. The van der Waals surface area contributed by atoms with Crippen molar-refractivity contribution in [2.24, 2.45) is 11.7 Å². The van der Waals surface area contributed by atoms with Crippen molar-refractivity contribution < 1.29 is 9.32 Å². The number of nitrogens with two attached hydrogens (primary N) is 1. The number of nitrogens with one attached hydrogen (secondary N) is 1. The van der Waals surface area contributed by atoms with Gasteiger partial charge in [-0.15, -0.1) is 12.4 Å². The van der Waals surface area contributed by atoms with Crippen molar-refractivity contribution in [2.45, 2.75) is 13.8 Å². The van der Waals surface area contributed by atoms with E-state index in [1.165, 1.54) is 5.56 Å². The fraction of sp³-hybridized carbons (Fsp3) is 0.333. The average molecular weight is 310 g/mol. The molecule has 1 amide bonds. The Morgan fingerprint density at radius 2 is 2.05 bits per heavy atom. The lowest BCUT2D eigenvalue weighted by atomic mass is 10.1. The number of aryl methyl sites for hydroxylation is 1. The maximum atomic E-state index is 11.9. The topological polar surface area (TPSA) is 81.2 Å². The van der Waals surface area contributed by atoms with Crippen molar-refractivity contribution in [3.63, 3.8) is 0 Å². The van der Waals surface area contributed by atoms with Gasteiger partial charge >= 0.3 is 0 Å². The van der Waals surface area contributed by atoms with Gasteiger partial charge in [-0.3, -0.25) is 4.79 Å². The van der Waals surface area contributed by atoms with Crippen LogP contribution in [-0.2, 0) is 0 Å². The monoisotopic (exact) mass is 309 g/mol. The number of carbonyl (C=O) groups excluding carboxylic acids is 1. The molecule has 0 saturated carbocycles. The highest BCUT2D eigenvalue weighted by atomic mass is 35.5. The van der Waals surface area contributed by atoms with E-state index in [9.17, 15) is 4.79 Å². The van der Waals surface area contributed by atoms with Gasteiger partial charge in [0, 0.05) is 18.2 Å². The highest BCUT2D eigenvalue weighted by molar-refractivity contribution is 5.92. The van der Waals surface area contributed by atoms with Crippen molar-refractivity contribution in [3.8, 4) is 11.3 Å². The Hall–Kier alpha value is -1.85. The molecule has 3 N–H and O–H groups in total. The highest BCUT2D eigenvalue weighted by Crippen LogP contribution is 2.19. The van der Waals surface area contributed by atoms with Crippen LogP contribution in [0.5, 0.6) is 0 Å². The minimum atomic E-state index is -0.267. The molecule has 1 unspecified atom stereocenters. The summed E-state index contributed by atoms with van der Waals surface area (Å²) in [7, 11) is 0. The van der Waals surface area contributed by atoms with E-state index in [1.807, 2.05) is 38.1 Å². The van der Waals surface area contributed by atoms with Crippen LogP contribution in [0.15, 0.2) is 34.9 Å². The van der Waals surface area contributed by atoms with Gasteiger partial charge in [0.2, 0.25) is 5.76 Å². The molecule has 1 atom stereocenters. The fourth-order valence-corrected chi connectivity index (χ4v) is 1.68. The van der Waals surface area contributed by atoms with Crippen molar-refractivity contribution in [1.82, 2.24) is 10.5 Å². The maximum absolute atomic E-state index is 11.9. The van der Waals surface area contributed by atoms with Gasteiger partial charge in [0.15, 0.2) is 0 Å². The number of hydrogen-bond donors (Lipinski definition) is 2. The lowest BCUT2D eigenvalue weighted by Crippen LogP contribution is -2.31. The predicted molar refractivity (Wildman–Crippen MR) is 84.5 cm³/mol. The normalized spacial score (nSPS) is 11.6. The molecule has 1 aromatic heterocycles. The number of hydrogen-bond acceptors (Lipinski definition) is 4. The van der Waals surface area contributed by atoms with Crippen LogP contribution in [0.3, 0.4) is 0 Å². The molecule has 2 aromatic rings. The Balaban J connectivity index is 0.00000220. The van der Waals surface area contributed by atoms with Gasteiger partial charge in [-0.05, 0) is 19.4 Å². The first kappa shape index (κ1) is 17.2. The molecule has 0 bridgehead atoms. The molecule has 2 rings (SSSR count). The number of rotatable bonds is 5. The van der Waals surface area contributed by atoms with Gasteiger partial charge in [0.05, 0.1) is 0 Å². The van der Waals surface area contributed by atoms with Gasteiger partial charge in [0.1, 0.15) is 5.69 Å². The van der Waals surface area contributed by atoms with Crippen LogP contribution in [0.25, 0.3) is 11.3 Å². The SMILES string of the molecule is Cc1ccc(-c2cc(C(=O)NCC(C)CN)on2)cc1.Cl. The second-order valence-corrected chi connectivity index (χ2v) is 4.99. The summed E-state index contributed by atoms with van der Waals surface area (Å²) in [4.78, 5) is 11.9. The van der Waals surface area contributed by atoms with E-state index in [4.69, 9.17) is 10.3 Å². The first-order valence-corrected chi connectivity index (χ1v) is 6.62. The molecule has 0 saturated heterocycles. The van der Waals surface area contributed by atoms with E-state index in [0.29, 0.717) is 18.8 Å². The van der Waals surface area contributed by atoms with Gasteiger partial charge < -0.3 is 15.6 Å². The molecule has 0 aliphatic carbocycles. The third-order valence-electron chi connectivity index (χ3n) is 3.09. The number of nitrogens with zero attached hydrogens (tertiary/aromatic N) is 1. The lowest BCUT2D eigenvalue weighted by molar-refractivity contribution is 0.0911. The standard InChI is InChI=1S/C15H19N3O2.ClH/c1-10-3-5-12(6-4-10)13-7-14(20-18-13)15(19)17-9-11(2)8-16;/h3-7,11H,8-9,16H2,1-2H3,(H,17,19);1H. The molecule has 0 aliphatic heterocycles. The summed E-state index contributed by atoms with van der Waals surface area (Å²) < 4.78 is 5.08. The van der Waals surface area contributed by atoms with Crippen molar-refractivity contribution in [3.05, 3.63) is 41.7 Å². The summed E-state index contributed by atoms with van der Waals surface area (Å²) in [6, 6.07) is 9.53. The van der Waals surface area contributed by atoms with Crippen LogP contribution < -0.4 is 11.1 Å². The fourth-order valence-electron chi connectivity index (χ4n) is 1.68. The first-order valence-electron chi connectivity index (χ1n) is 6.62. The first-order chi connectivity index (χ1) is 9.60. The van der Waals surface area contributed by atoms with Gasteiger partial charge in [-0.25, -0.2) is 0 Å². The van der Waals surface area contributed by atoms with Crippen LogP contribution in [0.2, 0.25) is 0 Å². The van der Waals surface area contributed by atoms with E-state index >= 15 is 0 Å². The third-order valence-corrected chi connectivity index (χ3v) is 3.09. The molecule has 0 spiro atoms. The van der Waals surface area contributed by atoms with E-state index in [1.54, 1.807) is 6.07 Å². The zero-order valence-corrected chi connectivity index (χ0v) is 12.9. The van der Waals surface area contributed by atoms with Crippen LogP contribution in [0.1, 0.15) is 23.0 Å². The minimum Gasteiger partial charge on any atom is -0.350 e. The summed E-state index contributed by atoms with van der Waals surface area (Å²) in [6.07, 6.45) is 0. The number of halogens is 1. The molecule has 0 radical (unpaired) electrons. The molecule has 0 fully saturated rings. The molecule has 1 heterocycles. The smallest absolute Gasteiger partial charge is 0.289 e. The maximum Gasteiger partial charge on any atom is 0.289 e. The van der Waals surface area contributed by atoms with Crippen LogP contribution in [-0.4, -0.2) is 24.2 Å². The summed E-state index contributed by atoms with van der Waals surface area (Å²) in [5, 5.41) is 6.69. The Morgan fingerprint density at radius 3 is 2.67 bits per heavy atom. The Morgan fingerprint density at radius 1 is 1.38 bits per heavy atom. The number of carbonyl (C=O) groups is 1. The van der Waals surface area contributed by atoms with E-state index < -0.39 is 0 Å². The molecule has 0 aliphatic rings. The van der Waals surface area contributed by atoms with Crippen LogP contribution in [0.4, 0.5) is 0 Å². The number of benzene rings is 1. The molecule has 5 nitrogen and oxygen atoms in total. The van der Waals surface area contributed by atoms with E-state index in [2.05, 4.69) is 10.5 Å². The molecule has 1 aromatic carbocycles. The molecule has 114 valence electrons. The van der Waals surface area contributed by atoms with Crippen molar-refractivity contribution in [1.29, 1.82) is 0 Å². The van der Waals surface area contributed by atoms with Gasteiger partial charge in [-0.1, -0.05) is 41.9 Å². The molecule has 6 heteroatoms. The zero-order chi connectivity index (χ0) is 14.5. The molecule has 21 heavy (non-hydrogen) atoms. The Labute approximate surface area is 130 Å². The van der Waals surface area contributed by atoms with Crippen LogP contribution in [0, 0.1) is 12.8 Å². The van der Waals surface area contributed by atoms with Crippen molar-refractivity contribution in [2.75, 3.05) is 13.1 Å². The largest absolute Gasteiger partial charge is 0.350 e. The number of amides is 1. The summed E-state index contributed by atoms with van der Waals surface area (Å²) in [5.74, 6) is 0.180. The lowest BCUT2D eigenvalue weighted by Gasteiger charge is -2.07. The van der Waals surface area contributed by atoms with Crippen molar-refractivity contribution >= 4 is 18.3 Å². The van der Waals surface area contributed by atoms with Gasteiger partial charge in [0.25, 0.3) is 5.91 Å². The van der Waals surface area contributed by atoms with E-state index in [-0.39, 0.29) is 30.0 Å². The highest BCUT2D eigenvalue weighted by Gasteiger charge is 2.14. The summed E-state index contributed by atoms with van der Waals surface area (Å²) >= 11 is 0. The van der Waals surface area contributed by atoms with Crippen LogP contribution >= 0.6 is 12.4 Å². The molecular formula is C15H20ClN3O2. The van der Waals surface area contributed by atoms with Gasteiger partial charge in [-0.2, -0.15) is 0 Å². The number of aromatic nitrogens is 1. The van der Waals surface area contributed by atoms with E-state index in [0.717, 1.165) is 5.56 Å². The quantitative estimate of drug-likeness (QED) is 0.888. The summed E-state index contributed by atoms with van der Waals surface area (Å²) in [6.45, 7) is 5.05. The Bertz CT molecular complexity index is 581. The second kappa shape index (κ2) is 7.81. The average Bonchev–Trinajstić information content (AvgIpc) is 2.95.